The first kappa shape index (κ1) is 10.5. The topological polar surface area (TPSA) is 12.0 Å². The molecule has 1 nitrogen and oxygen atoms in total. The molecule has 1 aromatic carbocycles. The van der Waals surface area contributed by atoms with Crippen molar-refractivity contribution in [1.82, 2.24) is 0 Å². The standard InChI is InChI=1S/C14H19NS/c1-16-13-8-6-12(7-9-13)15-14(10-2-3-10)11-4-5-11/h6-11,14-15H,2-5H2,1H3. The van der Waals surface area contributed by atoms with E-state index in [-0.39, 0.29) is 0 Å². The van der Waals surface area contributed by atoms with Crippen molar-refractivity contribution in [3.05, 3.63) is 24.3 Å². The Hall–Kier alpha value is -0.630. The molecule has 3 rings (SSSR count). The second-order valence-electron chi connectivity index (χ2n) is 5.07. The Balaban J connectivity index is 1.66. The predicted octanol–water partition coefficient (Wildman–Crippen LogP) is 4.01. The Labute approximate surface area is 102 Å². The highest BCUT2D eigenvalue weighted by Crippen LogP contribution is 2.45. The van der Waals surface area contributed by atoms with E-state index in [0.717, 1.165) is 17.9 Å². The Kier molecular flexibility index (Phi) is 2.84. The van der Waals surface area contributed by atoms with E-state index in [2.05, 4.69) is 35.8 Å². The van der Waals surface area contributed by atoms with Gasteiger partial charge >= 0.3 is 0 Å². The van der Waals surface area contributed by atoms with E-state index in [0.29, 0.717) is 0 Å². The smallest absolute Gasteiger partial charge is 0.0343 e. The number of benzene rings is 1. The molecule has 2 fully saturated rings. The van der Waals surface area contributed by atoms with E-state index < -0.39 is 0 Å². The first-order valence-electron chi connectivity index (χ1n) is 6.27. The molecule has 86 valence electrons. The zero-order chi connectivity index (χ0) is 11.0. The summed E-state index contributed by atoms with van der Waals surface area (Å²) in [6, 6.07) is 9.64. The quantitative estimate of drug-likeness (QED) is 0.771. The molecule has 0 unspecified atom stereocenters. The summed E-state index contributed by atoms with van der Waals surface area (Å²) < 4.78 is 0. The molecule has 0 bridgehead atoms. The molecule has 16 heavy (non-hydrogen) atoms. The molecule has 0 saturated heterocycles. The average molecular weight is 233 g/mol. The maximum Gasteiger partial charge on any atom is 0.0343 e. The summed E-state index contributed by atoms with van der Waals surface area (Å²) in [7, 11) is 0. The number of anilines is 1. The van der Waals surface area contributed by atoms with Gasteiger partial charge in [-0.2, -0.15) is 0 Å². The van der Waals surface area contributed by atoms with Crippen molar-refractivity contribution in [3.8, 4) is 0 Å². The fourth-order valence-corrected chi connectivity index (χ4v) is 2.82. The van der Waals surface area contributed by atoms with Crippen molar-refractivity contribution in [2.45, 2.75) is 36.6 Å². The molecule has 0 heterocycles. The number of nitrogens with one attached hydrogen (secondary N) is 1. The summed E-state index contributed by atoms with van der Waals surface area (Å²) in [5.74, 6) is 1.93. The van der Waals surface area contributed by atoms with E-state index in [1.807, 2.05) is 0 Å². The van der Waals surface area contributed by atoms with E-state index in [1.165, 1.54) is 36.3 Å². The molecule has 2 saturated carbocycles. The minimum absolute atomic E-state index is 0.764. The minimum atomic E-state index is 0.764. The third kappa shape index (κ3) is 2.37. The van der Waals surface area contributed by atoms with Crippen molar-refractivity contribution in [2.24, 2.45) is 11.8 Å². The monoisotopic (exact) mass is 233 g/mol. The fourth-order valence-electron chi connectivity index (χ4n) is 2.41. The number of hydrogen-bond donors (Lipinski definition) is 1. The third-order valence-electron chi connectivity index (χ3n) is 3.68. The lowest BCUT2D eigenvalue weighted by atomic mass is 10.1. The molecule has 2 heteroatoms. The van der Waals surface area contributed by atoms with E-state index in [1.54, 1.807) is 11.8 Å². The van der Waals surface area contributed by atoms with Crippen LogP contribution in [0.25, 0.3) is 0 Å². The van der Waals surface area contributed by atoms with Crippen molar-refractivity contribution >= 4 is 17.4 Å². The van der Waals surface area contributed by atoms with Crippen LogP contribution >= 0.6 is 11.8 Å². The van der Waals surface area contributed by atoms with Crippen LogP contribution in [0.5, 0.6) is 0 Å². The Morgan fingerprint density at radius 1 is 1.06 bits per heavy atom. The molecule has 0 amide bonds. The second kappa shape index (κ2) is 4.33. The number of hydrogen-bond acceptors (Lipinski definition) is 2. The third-order valence-corrected chi connectivity index (χ3v) is 4.43. The molecule has 2 aliphatic rings. The molecular weight excluding hydrogens is 214 g/mol. The van der Waals surface area contributed by atoms with Crippen LogP contribution in [0, 0.1) is 11.8 Å². The summed E-state index contributed by atoms with van der Waals surface area (Å²) in [6.07, 6.45) is 7.89. The Morgan fingerprint density at radius 2 is 1.62 bits per heavy atom. The molecule has 0 aliphatic heterocycles. The minimum Gasteiger partial charge on any atom is -0.382 e. The zero-order valence-corrected chi connectivity index (χ0v) is 10.6. The van der Waals surface area contributed by atoms with Crippen LogP contribution in [0.1, 0.15) is 25.7 Å². The van der Waals surface area contributed by atoms with Gasteiger partial charge < -0.3 is 5.32 Å². The number of rotatable bonds is 5. The lowest BCUT2D eigenvalue weighted by Crippen LogP contribution is -2.24. The fraction of sp³-hybridized carbons (Fsp3) is 0.571. The van der Waals surface area contributed by atoms with E-state index >= 15 is 0 Å². The largest absolute Gasteiger partial charge is 0.382 e. The summed E-state index contributed by atoms with van der Waals surface area (Å²) in [4.78, 5) is 1.35. The van der Waals surface area contributed by atoms with Gasteiger partial charge in [0.25, 0.3) is 0 Å². The van der Waals surface area contributed by atoms with Crippen LogP contribution in [0.3, 0.4) is 0 Å². The van der Waals surface area contributed by atoms with Gasteiger partial charge in [-0.15, -0.1) is 11.8 Å². The molecular formula is C14H19NS. The molecule has 1 N–H and O–H groups in total. The highest BCUT2D eigenvalue weighted by Gasteiger charge is 2.41. The van der Waals surface area contributed by atoms with Gasteiger partial charge in [-0.25, -0.2) is 0 Å². The highest BCUT2D eigenvalue weighted by atomic mass is 32.2. The molecule has 0 spiro atoms. The van der Waals surface area contributed by atoms with Crippen LogP contribution in [-0.4, -0.2) is 12.3 Å². The lowest BCUT2D eigenvalue weighted by molar-refractivity contribution is 0.568. The highest BCUT2D eigenvalue weighted by molar-refractivity contribution is 7.98. The van der Waals surface area contributed by atoms with Gasteiger partial charge in [0.1, 0.15) is 0 Å². The van der Waals surface area contributed by atoms with Gasteiger partial charge in [0.2, 0.25) is 0 Å². The summed E-state index contributed by atoms with van der Waals surface area (Å²) in [5, 5.41) is 3.74. The Morgan fingerprint density at radius 3 is 2.06 bits per heavy atom. The molecule has 0 aromatic heterocycles. The molecule has 0 radical (unpaired) electrons. The maximum absolute atomic E-state index is 3.74. The first-order chi connectivity index (χ1) is 7.86. The van der Waals surface area contributed by atoms with E-state index in [4.69, 9.17) is 0 Å². The van der Waals surface area contributed by atoms with Gasteiger partial charge in [-0.1, -0.05) is 0 Å². The maximum atomic E-state index is 3.74. The van der Waals surface area contributed by atoms with Crippen LogP contribution in [0.15, 0.2) is 29.2 Å². The van der Waals surface area contributed by atoms with Crippen molar-refractivity contribution in [2.75, 3.05) is 11.6 Å². The Bertz CT molecular complexity index is 340. The van der Waals surface area contributed by atoms with Gasteiger partial charge in [-0.3, -0.25) is 0 Å². The molecule has 0 atom stereocenters. The molecule has 1 aromatic rings. The summed E-state index contributed by atoms with van der Waals surface area (Å²) >= 11 is 1.81. The second-order valence-corrected chi connectivity index (χ2v) is 5.95. The van der Waals surface area contributed by atoms with Crippen LogP contribution in [0.2, 0.25) is 0 Å². The summed E-state index contributed by atoms with van der Waals surface area (Å²) in [6.45, 7) is 0. The van der Waals surface area contributed by atoms with Crippen LogP contribution < -0.4 is 5.32 Å². The normalized spacial score (nSPS) is 20.1. The van der Waals surface area contributed by atoms with Gasteiger partial charge in [-0.05, 0) is 68.0 Å². The predicted molar refractivity (Wildman–Crippen MR) is 71.1 cm³/mol. The lowest BCUT2D eigenvalue weighted by Gasteiger charge is -2.19. The summed E-state index contributed by atoms with van der Waals surface area (Å²) in [5.41, 5.74) is 1.31. The van der Waals surface area contributed by atoms with Crippen molar-refractivity contribution < 1.29 is 0 Å². The first-order valence-corrected chi connectivity index (χ1v) is 7.50. The van der Waals surface area contributed by atoms with Gasteiger partial charge in [0.05, 0.1) is 0 Å². The van der Waals surface area contributed by atoms with Crippen molar-refractivity contribution in [1.29, 1.82) is 0 Å². The van der Waals surface area contributed by atoms with Gasteiger partial charge in [0.15, 0.2) is 0 Å². The van der Waals surface area contributed by atoms with Crippen LogP contribution in [0.4, 0.5) is 5.69 Å². The van der Waals surface area contributed by atoms with Crippen molar-refractivity contribution in [3.63, 3.8) is 0 Å². The average Bonchev–Trinajstić information content (AvgIpc) is 3.19. The van der Waals surface area contributed by atoms with E-state index in [9.17, 15) is 0 Å². The zero-order valence-electron chi connectivity index (χ0n) is 9.78. The van der Waals surface area contributed by atoms with Gasteiger partial charge in [0, 0.05) is 16.6 Å². The SMILES string of the molecule is CSc1ccc(NC(C2CC2)C2CC2)cc1. The van der Waals surface area contributed by atoms with Crippen LogP contribution in [-0.2, 0) is 0 Å². The number of thioether (sulfide) groups is 1. The molecule has 2 aliphatic carbocycles.